The summed E-state index contributed by atoms with van der Waals surface area (Å²) in [4.78, 5) is 14.4. The summed E-state index contributed by atoms with van der Waals surface area (Å²) in [6.07, 6.45) is 2.26. The smallest absolute Gasteiger partial charge is 0.223 e. The fourth-order valence-corrected chi connectivity index (χ4v) is 3.12. The highest BCUT2D eigenvalue weighted by molar-refractivity contribution is 9.11. The average Bonchev–Trinajstić information content (AvgIpc) is 2.49. The minimum absolute atomic E-state index is 0.0699. The normalized spacial score (nSPS) is 16.5. The van der Waals surface area contributed by atoms with Crippen molar-refractivity contribution < 1.29 is 9.18 Å². The number of likely N-dealkylation sites (tertiary alicyclic amines) is 1. The number of hydrogen-bond donors (Lipinski definition) is 1. The van der Waals surface area contributed by atoms with Crippen molar-refractivity contribution in [1.82, 2.24) is 10.2 Å². The minimum atomic E-state index is -0.208. The highest BCUT2D eigenvalue weighted by Gasteiger charge is 2.24. The van der Waals surface area contributed by atoms with E-state index in [0.717, 1.165) is 37.0 Å². The van der Waals surface area contributed by atoms with E-state index in [1.807, 2.05) is 6.07 Å². The van der Waals surface area contributed by atoms with Crippen LogP contribution in [-0.4, -0.2) is 37.0 Å². The largest absolute Gasteiger partial charge is 0.356 e. The summed E-state index contributed by atoms with van der Waals surface area (Å²) in [5.74, 6) is -0.0471. The van der Waals surface area contributed by atoms with Crippen LogP contribution >= 0.6 is 15.9 Å². The zero-order valence-electron chi connectivity index (χ0n) is 12.7. The van der Waals surface area contributed by atoms with E-state index in [9.17, 15) is 9.18 Å². The van der Waals surface area contributed by atoms with E-state index in [1.165, 1.54) is 6.07 Å². The summed E-state index contributed by atoms with van der Waals surface area (Å²) in [5, 5.41) is 2.93. The molecule has 5 heteroatoms. The van der Waals surface area contributed by atoms with Crippen molar-refractivity contribution in [2.45, 2.75) is 19.3 Å². The third-order valence-electron chi connectivity index (χ3n) is 4.00. The van der Waals surface area contributed by atoms with E-state index in [0.29, 0.717) is 18.5 Å². The van der Waals surface area contributed by atoms with Gasteiger partial charge in [0.25, 0.3) is 0 Å². The Hall–Kier alpha value is -1.20. The fourth-order valence-electron chi connectivity index (χ4n) is 2.76. The Balaban J connectivity index is 1.70. The molecule has 1 amide bonds. The molecule has 2 rings (SSSR count). The summed E-state index contributed by atoms with van der Waals surface area (Å²) >= 11 is 3.37. The van der Waals surface area contributed by atoms with Gasteiger partial charge in [-0.1, -0.05) is 40.7 Å². The molecule has 120 valence electrons. The standard InChI is InChI=1S/C17H22BrFN2O/c1-13(18)12-21-10-7-15(8-11-21)17(22)20-9-6-14-4-2-3-5-16(14)19/h2-5,15H,1,6-12H2,(H,20,22). The number of halogens is 2. The molecule has 1 heterocycles. The van der Waals surface area contributed by atoms with Crippen molar-refractivity contribution in [2.75, 3.05) is 26.2 Å². The second-order valence-electron chi connectivity index (χ2n) is 5.70. The molecule has 1 aromatic rings. The van der Waals surface area contributed by atoms with Gasteiger partial charge in [-0.05, 0) is 44.0 Å². The summed E-state index contributed by atoms with van der Waals surface area (Å²) in [6.45, 7) is 6.99. The van der Waals surface area contributed by atoms with E-state index in [-0.39, 0.29) is 17.6 Å². The summed E-state index contributed by atoms with van der Waals surface area (Å²) < 4.78 is 14.5. The van der Waals surface area contributed by atoms with Gasteiger partial charge in [-0.3, -0.25) is 9.69 Å². The average molecular weight is 369 g/mol. The quantitative estimate of drug-likeness (QED) is 0.836. The van der Waals surface area contributed by atoms with E-state index in [1.54, 1.807) is 12.1 Å². The number of carbonyl (C=O) groups excluding carboxylic acids is 1. The first-order chi connectivity index (χ1) is 10.6. The number of nitrogens with one attached hydrogen (secondary N) is 1. The highest BCUT2D eigenvalue weighted by atomic mass is 79.9. The lowest BCUT2D eigenvalue weighted by atomic mass is 9.96. The van der Waals surface area contributed by atoms with Crippen LogP contribution in [0.4, 0.5) is 4.39 Å². The number of rotatable bonds is 6. The van der Waals surface area contributed by atoms with Gasteiger partial charge >= 0.3 is 0 Å². The second-order valence-corrected chi connectivity index (χ2v) is 6.82. The van der Waals surface area contributed by atoms with E-state index in [4.69, 9.17) is 0 Å². The molecule has 0 unspecified atom stereocenters. The monoisotopic (exact) mass is 368 g/mol. The Morgan fingerprint density at radius 3 is 2.68 bits per heavy atom. The maximum atomic E-state index is 13.5. The molecule has 0 radical (unpaired) electrons. The Labute approximate surface area is 139 Å². The number of benzene rings is 1. The molecule has 0 saturated carbocycles. The topological polar surface area (TPSA) is 32.3 Å². The van der Waals surface area contributed by atoms with Crippen LogP contribution in [0.2, 0.25) is 0 Å². The van der Waals surface area contributed by atoms with Crippen LogP contribution in [0.3, 0.4) is 0 Å². The van der Waals surface area contributed by atoms with Gasteiger partial charge in [-0.15, -0.1) is 0 Å². The molecule has 0 bridgehead atoms. The van der Waals surface area contributed by atoms with Crippen LogP contribution in [-0.2, 0) is 11.2 Å². The van der Waals surface area contributed by atoms with Crippen molar-refractivity contribution >= 4 is 21.8 Å². The van der Waals surface area contributed by atoms with Gasteiger partial charge in [0.15, 0.2) is 0 Å². The van der Waals surface area contributed by atoms with Crippen molar-refractivity contribution in [3.63, 3.8) is 0 Å². The first-order valence-electron chi connectivity index (χ1n) is 7.63. The maximum Gasteiger partial charge on any atom is 0.223 e. The molecular formula is C17H22BrFN2O. The SMILES string of the molecule is C=C(Br)CN1CCC(C(=O)NCCc2ccccc2F)CC1. The number of hydrogen-bond acceptors (Lipinski definition) is 2. The molecule has 0 atom stereocenters. The molecule has 0 aromatic heterocycles. The van der Waals surface area contributed by atoms with Gasteiger partial charge in [0.05, 0.1) is 0 Å². The van der Waals surface area contributed by atoms with Gasteiger partial charge in [-0.25, -0.2) is 4.39 Å². The van der Waals surface area contributed by atoms with E-state index in [2.05, 4.69) is 32.7 Å². The highest BCUT2D eigenvalue weighted by Crippen LogP contribution is 2.19. The van der Waals surface area contributed by atoms with Crippen molar-refractivity contribution in [2.24, 2.45) is 5.92 Å². The molecule has 1 aliphatic rings. The molecule has 0 aliphatic carbocycles. The van der Waals surface area contributed by atoms with Gasteiger partial charge in [0.2, 0.25) is 5.91 Å². The molecule has 1 saturated heterocycles. The van der Waals surface area contributed by atoms with Crippen molar-refractivity contribution in [1.29, 1.82) is 0 Å². The van der Waals surface area contributed by atoms with E-state index < -0.39 is 0 Å². The van der Waals surface area contributed by atoms with Crippen LogP contribution in [0.5, 0.6) is 0 Å². The summed E-state index contributed by atoms with van der Waals surface area (Å²) in [5.41, 5.74) is 0.647. The Morgan fingerprint density at radius 1 is 1.36 bits per heavy atom. The van der Waals surface area contributed by atoms with Gasteiger partial charge in [0.1, 0.15) is 5.82 Å². The number of piperidine rings is 1. The Kier molecular flexibility index (Phi) is 6.58. The zero-order valence-corrected chi connectivity index (χ0v) is 14.2. The van der Waals surface area contributed by atoms with Crippen molar-refractivity contribution in [3.05, 3.63) is 46.7 Å². The molecule has 1 fully saturated rings. The summed E-state index contributed by atoms with van der Waals surface area (Å²) in [6, 6.07) is 6.69. The Bertz CT molecular complexity index is 527. The second kappa shape index (κ2) is 8.44. The Morgan fingerprint density at radius 2 is 2.05 bits per heavy atom. The van der Waals surface area contributed by atoms with Gasteiger partial charge < -0.3 is 5.32 Å². The van der Waals surface area contributed by atoms with Crippen LogP contribution in [0.15, 0.2) is 35.3 Å². The molecule has 22 heavy (non-hydrogen) atoms. The van der Waals surface area contributed by atoms with E-state index >= 15 is 0 Å². The van der Waals surface area contributed by atoms with Gasteiger partial charge in [-0.2, -0.15) is 0 Å². The zero-order chi connectivity index (χ0) is 15.9. The molecule has 1 aliphatic heterocycles. The molecule has 0 spiro atoms. The first kappa shape index (κ1) is 17.2. The van der Waals surface area contributed by atoms with Crippen LogP contribution in [0, 0.1) is 11.7 Å². The predicted molar refractivity (Wildman–Crippen MR) is 90.3 cm³/mol. The number of carbonyl (C=O) groups is 1. The lowest BCUT2D eigenvalue weighted by molar-refractivity contribution is -0.126. The lowest BCUT2D eigenvalue weighted by Gasteiger charge is -2.31. The summed E-state index contributed by atoms with van der Waals surface area (Å²) in [7, 11) is 0. The maximum absolute atomic E-state index is 13.5. The number of amides is 1. The molecular weight excluding hydrogens is 347 g/mol. The van der Waals surface area contributed by atoms with Crippen LogP contribution < -0.4 is 5.32 Å². The minimum Gasteiger partial charge on any atom is -0.356 e. The first-order valence-corrected chi connectivity index (χ1v) is 8.42. The molecule has 1 aromatic carbocycles. The predicted octanol–water partition coefficient (Wildman–Crippen LogP) is 3.11. The van der Waals surface area contributed by atoms with Crippen LogP contribution in [0.1, 0.15) is 18.4 Å². The van der Waals surface area contributed by atoms with Crippen LogP contribution in [0.25, 0.3) is 0 Å². The lowest BCUT2D eigenvalue weighted by Crippen LogP contribution is -2.41. The fraction of sp³-hybridized carbons (Fsp3) is 0.471. The number of nitrogens with zero attached hydrogens (tertiary/aromatic N) is 1. The molecule has 3 nitrogen and oxygen atoms in total. The molecule has 1 N–H and O–H groups in total. The van der Waals surface area contributed by atoms with Crippen molar-refractivity contribution in [3.8, 4) is 0 Å². The van der Waals surface area contributed by atoms with Gasteiger partial charge in [0, 0.05) is 23.5 Å². The third-order valence-corrected chi connectivity index (χ3v) is 4.26. The third kappa shape index (κ3) is 5.21.